The minimum atomic E-state index is -2.86. The van der Waals surface area contributed by atoms with E-state index in [4.69, 9.17) is 0 Å². The van der Waals surface area contributed by atoms with Crippen molar-refractivity contribution in [2.24, 2.45) is 0 Å². The van der Waals surface area contributed by atoms with E-state index in [1.807, 2.05) is 0 Å². The van der Waals surface area contributed by atoms with Crippen molar-refractivity contribution in [2.75, 3.05) is 0 Å². The van der Waals surface area contributed by atoms with Crippen LogP contribution in [-0.2, 0) is 9.84 Å². The van der Waals surface area contributed by atoms with Crippen molar-refractivity contribution in [3.05, 3.63) is 0 Å². The van der Waals surface area contributed by atoms with Crippen LogP contribution in [0.25, 0.3) is 0 Å². The molecule has 0 aromatic heterocycles. The normalized spacial score (nSPS) is 48.8. The number of fused-ring (bicyclic) bond motifs is 2. The zero-order valence-electron chi connectivity index (χ0n) is 7.12. The first-order valence-electron chi connectivity index (χ1n) is 4.54. The number of alkyl halides is 2. The lowest BCUT2D eigenvalue weighted by molar-refractivity contribution is 0.451. The Bertz CT molecular complexity index is 277. The van der Waals surface area contributed by atoms with Gasteiger partial charge in [0.15, 0.2) is 9.84 Å². The van der Waals surface area contributed by atoms with Gasteiger partial charge in [0.05, 0.1) is 10.5 Å². The third-order valence-electron chi connectivity index (χ3n) is 3.10. The molecule has 2 aliphatic heterocycles. The second-order valence-electron chi connectivity index (χ2n) is 3.85. The highest BCUT2D eigenvalue weighted by molar-refractivity contribution is 9.10. The van der Waals surface area contributed by atoms with Crippen molar-refractivity contribution < 1.29 is 8.42 Å². The maximum Gasteiger partial charge on any atom is 0.158 e. The van der Waals surface area contributed by atoms with Crippen LogP contribution < -0.4 is 0 Å². The topological polar surface area (TPSA) is 34.1 Å². The van der Waals surface area contributed by atoms with E-state index < -0.39 is 9.84 Å². The van der Waals surface area contributed by atoms with Crippen molar-refractivity contribution >= 4 is 41.7 Å². The molecule has 2 saturated heterocycles. The smallest absolute Gasteiger partial charge is 0.158 e. The Labute approximate surface area is 95.6 Å². The molecular weight excluding hydrogens is 320 g/mol. The van der Waals surface area contributed by atoms with Gasteiger partial charge in [0.1, 0.15) is 0 Å². The highest BCUT2D eigenvalue weighted by Crippen LogP contribution is 2.42. The van der Waals surface area contributed by atoms with Gasteiger partial charge in [-0.05, 0) is 25.7 Å². The molecule has 2 aliphatic rings. The standard InChI is InChI=1S/C8H12Br2O2S/c9-5-1-3-7-6(10)2-4-8(5)13(7,11)12/h5-8H,1-4H2. The maximum atomic E-state index is 12.0. The van der Waals surface area contributed by atoms with E-state index in [9.17, 15) is 8.42 Å². The van der Waals surface area contributed by atoms with Crippen LogP contribution in [0.2, 0.25) is 0 Å². The summed E-state index contributed by atoms with van der Waals surface area (Å²) in [6, 6.07) is 0. The van der Waals surface area contributed by atoms with Gasteiger partial charge < -0.3 is 0 Å². The molecule has 13 heavy (non-hydrogen) atoms. The summed E-state index contributed by atoms with van der Waals surface area (Å²) >= 11 is 6.95. The average Bonchev–Trinajstić information content (AvgIpc) is 1.99. The van der Waals surface area contributed by atoms with Crippen LogP contribution in [0, 0.1) is 0 Å². The lowest BCUT2D eigenvalue weighted by Gasteiger charge is -2.40. The van der Waals surface area contributed by atoms with Crippen LogP contribution >= 0.6 is 31.9 Å². The lowest BCUT2D eigenvalue weighted by atomic mass is 9.99. The summed E-state index contributed by atoms with van der Waals surface area (Å²) in [5, 5.41) is -0.250. The Balaban J connectivity index is 2.36. The number of hydrogen-bond acceptors (Lipinski definition) is 2. The van der Waals surface area contributed by atoms with E-state index in [1.165, 1.54) is 0 Å². The molecule has 76 valence electrons. The Kier molecular flexibility index (Phi) is 2.80. The second kappa shape index (κ2) is 3.49. The molecule has 0 spiro atoms. The predicted molar refractivity (Wildman–Crippen MR) is 60.4 cm³/mol. The lowest BCUT2D eigenvalue weighted by Crippen LogP contribution is -2.50. The third kappa shape index (κ3) is 1.61. The average molecular weight is 332 g/mol. The molecule has 0 saturated carbocycles. The minimum absolute atomic E-state index is 0.125. The molecule has 4 atom stereocenters. The molecule has 0 aliphatic carbocycles. The van der Waals surface area contributed by atoms with E-state index in [1.54, 1.807) is 0 Å². The van der Waals surface area contributed by atoms with Gasteiger partial charge in [-0.3, -0.25) is 0 Å². The van der Waals surface area contributed by atoms with E-state index in [0.29, 0.717) is 0 Å². The molecule has 5 heteroatoms. The Morgan fingerprint density at radius 1 is 0.846 bits per heavy atom. The van der Waals surface area contributed by atoms with Gasteiger partial charge in [-0.1, -0.05) is 31.9 Å². The molecule has 2 fully saturated rings. The summed E-state index contributed by atoms with van der Waals surface area (Å²) in [5.74, 6) is 0. The molecule has 0 amide bonds. The van der Waals surface area contributed by atoms with Crippen LogP contribution in [0.1, 0.15) is 25.7 Å². The Morgan fingerprint density at radius 2 is 1.23 bits per heavy atom. The van der Waals surface area contributed by atoms with Gasteiger partial charge >= 0.3 is 0 Å². The van der Waals surface area contributed by atoms with Gasteiger partial charge in [-0.2, -0.15) is 0 Å². The van der Waals surface area contributed by atoms with Crippen LogP contribution in [0.5, 0.6) is 0 Å². The zero-order chi connectivity index (χ0) is 9.64. The van der Waals surface area contributed by atoms with Crippen molar-refractivity contribution in [3.8, 4) is 0 Å². The SMILES string of the molecule is O=S1(=O)C2CCC(Br)C1CCC2Br. The van der Waals surface area contributed by atoms with Crippen molar-refractivity contribution in [1.82, 2.24) is 0 Å². The molecule has 0 N–H and O–H groups in total. The predicted octanol–water partition coefficient (Wildman–Crippen LogP) is 2.25. The van der Waals surface area contributed by atoms with E-state index in [0.717, 1.165) is 25.7 Å². The summed E-state index contributed by atoms with van der Waals surface area (Å²) in [4.78, 5) is 0.377. The number of sulfone groups is 1. The van der Waals surface area contributed by atoms with Crippen LogP contribution in [0.15, 0.2) is 0 Å². The summed E-state index contributed by atoms with van der Waals surface area (Å²) in [6.07, 6.45) is 3.61. The number of hydrogen-bond donors (Lipinski definition) is 0. The first-order chi connectivity index (χ1) is 6.03. The van der Waals surface area contributed by atoms with Crippen molar-refractivity contribution in [2.45, 2.75) is 45.8 Å². The molecule has 2 rings (SSSR count). The fraction of sp³-hybridized carbons (Fsp3) is 1.00. The first-order valence-corrected chi connectivity index (χ1v) is 7.98. The zero-order valence-corrected chi connectivity index (χ0v) is 11.1. The van der Waals surface area contributed by atoms with E-state index in [-0.39, 0.29) is 20.2 Å². The van der Waals surface area contributed by atoms with E-state index in [2.05, 4.69) is 31.9 Å². The van der Waals surface area contributed by atoms with Crippen molar-refractivity contribution in [3.63, 3.8) is 0 Å². The van der Waals surface area contributed by atoms with Crippen LogP contribution in [0.4, 0.5) is 0 Å². The summed E-state index contributed by atoms with van der Waals surface area (Å²) in [6.45, 7) is 0. The summed E-state index contributed by atoms with van der Waals surface area (Å²) < 4.78 is 23.9. The molecule has 4 unspecified atom stereocenters. The summed E-state index contributed by atoms with van der Waals surface area (Å²) in [7, 11) is -2.86. The minimum Gasteiger partial charge on any atom is -0.228 e. The van der Waals surface area contributed by atoms with Crippen molar-refractivity contribution in [1.29, 1.82) is 0 Å². The quantitative estimate of drug-likeness (QED) is 0.638. The molecule has 0 radical (unpaired) electrons. The Morgan fingerprint density at radius 3 is 1.62 bits per heavy atom. The van der Waals surface area contributed by atoms with E-state index >= 15 is 0 Å². The molecule has 0 aromatic rings. The van der Waals surface area contributed by atoms with Gasteiger partial charge in [-0.25, -0.2) is 8.42 Å². The fourth-order valence-electron chi connectivity index (χ4n) is 2.35. The number of halogens is 2. The van der Waals surface area contributed by atoms with Gasteiger partial charge in [-0.15, -0.1) is 0 Å². The van der Waals surface area contributed by atoms with Gasteiger partial charge in [0, 0.05) is 9.65 Å². The van der Waals surface area contributed by atoms with Gasteiger partial charge in [0.2, 0.25) is 0 Å². The molecule has 0 aromatic carbocycles. The fourth-order valence-corrected chi connectivity index (χ4v) is 7.68. The molecular formula is C8H12Br2O2S. The molecule has 2 bridgehead atoms. The third-order valence-corrected chi connectivity index (χ3v) is 8.81. The monoisotopic (exact) mass is 330 g/mol. The maximum absolute atomic E-state index is 12.0. The number of rotatable bonds is 0. The van der Waals surface area contributed by atoms with Crippen LogP contribution in [0.3, 0.4) is 0 Å². The first kappa shape index (κ1) is 10.4. The summed E-state index contributed by atoms with van der Waals surface area (Å²) in [5.41, 5.74) is 0. The highest BCUT2D eigenvalue weighted by atomic mass is 79.9. The second-order valence-corrected chi connectivity index (χ2v) is 8.59. The molecule has 2 heterocycles. The van der Waals surface area contributed by atoms with Gasteiger partial charge in [0.25, 0.3) is 0 Å². The highest BCUT2D eigenvalue weighted by Gasteiger charge is 2.48. The molecule has 2 nitrogen and oxygen atoms in total. The largest absolute Gasteiger partial charge is 0.228 e. The Hall–Kier alpha value is 0.910. The van der Waals surface area contributed by atoms with Crippen LogP contribution in [-0.4, -0.2) is 28.6 Å².